The maximum atomic E-state index is 6.11. The van der Waals surface area contributed by atoms with Gasteiger partial charge in [-0.1, -0.05) is 12.1 Å². The molecular formula is C13H20N6O2. The van der Waals surface area contributed by atoms with Crippen molar-refractivity contribution >= 4 is 5.95 Å². The molecule has 3 rings (SSSR count). The van der Waals surface area contributed by atoms with Crippen LogP contribution in [-0.4, -0.2) is 46.6 Å². The van der Waals surface area contributed by atoms with Crippen LogP contribution in [0.25, 0.3) is 11.5 Å². The van der Waals surface area contributed by atoms with Gasteiger partial charge in [-0.05, 0) is 12.3 Å². The Kier molecular flexibility index (Phi) is 3.89. The van der Waals surface area contributed by atoms with Crippen LogP contribution >= 0.6 is 0 Å². The summed E-state index contributed by atoms with van der Waals surface area (Å²) in [7, 11) is 1.61. The molecule has 1 aliphatic heterocycles. The monoisotopic (exact) mass is 292 g/mol. The number of H-pyrrole nitrogens is 1. The molecule has 0 aromatic carbocycles. The van der Waals surface area contributed by atoms with E-state index >= 15 is 0 Å². The van der Waals surface area contributed by atoms with Crippen molar-refractivity contribution < 1.29 is 9.26 Å². The number of methoxy groups -OCH3 is 1. The Morgan fingerprint density at radius 2 is 2.43 bits per heavy atom. The third kappa shape index (κ3) is 2.91. The van der Waals surface area contributed by atoms with Crippen LogP contribution in [0, 0.1) is 5.92 Å². The molecule has 3 heterocycles. The second kappa shape index (κ2) is 5.82. The van der Waals surface area contributed by atoms with E-state index in [2.05, 4.69) is 32.2 Å². The van der Waals surface area contributed by atoms with Gasteiger partial charge in [0.1, 0.15) is 6.61 Å². The lowest BCUT2D eigenvalue weighted by Gasteiger charge is -2.34. The van der Waals surface area contributed by atoms with Crippen LogP contribution in [0.3, 0.4) is 0 Å². The molecule has 0 spiro atoms. The van der Waals surface area contributed by atoms with Gasteiger partial charge in [-0.3, -0.25) is 5.10 Å². The molecule has 2 unspecified atom stereocenters. The largest absolute Gasteiger partial charge is 0.377 e. The molecule has 0 aliphatic carbocycles. The van der Waals surface area contributed by atoms with Crippen molar-refractivity contribution in [1.29, 1.82) is 0 Å². The van der Waals surface area contributed by atoms with E-state index in [0.717, 1.165) is 19.5 Å². The van der Waals surface area contributed by atoms with Gasteiger partial charge in [0.05, 0.1) is 0 Å². The Morgan fingerprint density at radius 3 is 3.19 bits per heavy atom. The molecule has 0 saturated carbocycles. The highest BCUT2D eigenvalue weighted by molar-refractivity contribution is 5.51. The maximum Gasteiger partial charge on any atom is 0.245 e. The maximum absolute atomic E-state index is 6.11. The highest BCUT2D eigenvalue weighted by Crippen LogP contribution is 2.22. The van der Waals surface area contributed by atoms with Gasteiger partial charge in [0.25, 0.3) is 0 Å². The Balaban J connectivity index is 1.73. The first-order valence-corrected chi connectivity index (χ1v) is 7.05. The zero-order valence-electron chi connectivity index (χ0n) is 12.2. The Morgan fingerprint density at radius 1 is 1.57 bits per heavy atom. The number of nitrogens with zero attached hydrogens (tertiary/aromatic N) is 4. The molecule has 2 aromatic rings. The van der Waals surface area contributed by atoms with E-state index in [1.807, 2.05) is 0 Å². The van der Waals surface area contributed by atoms with Gasteiger partial charge < -0.3 is 19.9 Å². The molecule has 21 heavy (non-hydrogen) atoms. The molecule has 1 saturated heterocycles. The fourth-order valence-corrected chi connectivity index (χ4v) is 2.42. The molecule has 3 N–H and O–H groups in total. The minimum Gasteiger partial charge on any atom is -0.377 e. The van der Waals surface area contributed by atoms with Gasteiger partial charge >= 0.3 is 0 Å². The highest BCUT2D eigenvalue weighted by Gasteiger charge is 2.25. The molecule has 8 heteroatoms. The molecule has 0 bridgehead atoms. The van der Waals surface area contributed by atoms with E-state index < -0.39 is 0 Å². The Labute approximate surface area is 122 Å². The van der Waals surface area contributed by atoms with Crippen molar-refractivity contribution in [1.82, 2.24) is 20.3 Å². The topological polar surface area (TPSA) is 106 Å². The van der Waals surface area contributed by atoms with Gasteiger partial charge in [0.2, 0.25) is 5.95 Å². The highest BCUT2D eigenvalue weighted by atomic mass is 16.5. The number of rotatable bonds is 4. The molecular weight excluding hydrogens is 272 g/mol. The third-order valence-electron chi connectivity index (χ3n) is 3.86. The number of hydrogen-bond donors (Lipinski definition) is 2. The van der Waals surface area contributed by atoms with E-state index in [1.165, 1.54) is 0 Å². The number of aromatic nitrogens is 4. The quantitative estimate of drug-likeness (QED) is 0.857. The van der Waals surface area contributed by atoms with E-state index in [0.29, 0.717) is 35.8 Å². The van der Waals surface area contributed by atoms with Crippen LogP contribution in [0.2, 0.25) is 0 Å². The molecule has 8 nitrogen and oxygen atoms in total. The summed E-state index contributed by atoms with van der Waals surface area (Å²) in [4.78, 5) is 6.58. The summed E-state index contributed by atoms with van der Waals surface area (Å²) in [5.41, 5.74) is 6.73. The minimum absolute atomic E-state index is 0.154. The molecule has 1 aliphatic rings. The summed E-state index contributed by atoms with van der Waals surface area (Å²) in [5.74, 6) is 2.43. The summed E-state index contributed by atoms with van der Waals surface area (Å²) in [6.07, 6.45) is 1.05. The molecule has 0 radical (unpaired) electrons. The van der Waals surface area contributed by atoms with Crippen LogP contribution in [0.4, 0.5) is 5.95 Å². The lowest BCUT2D eigenvalue weighted by Crippen LogP contribution is -2.48. The van der Waals surface area contributed by atoms with E-state index in [-0.39, 0.29) is 6.04 Å². The van der Waals surface area contributed by atoms with Crippen molar-refractivity contribution in [3.05, 3.63) is 11.8 Å². The first-order valence-electron chi connectivity index (χ1n) is 7.05. The van der Waals surface area contributed by atoms with Crippen LogP contribution in [0.1, 0.15) is 19.1 Å². The SMILES string of the molecule is COCc1cc(-c2nc(N3CCC(C)C(N)C3)n[nH]2)no1. The fraction of sp³-hybridized carbons (Fsp3) is 0.615. The van der Waals surface area contributed by atoms with Crippen LogP contribution in [-0.2, 0) is 11.3 Å². The smallest absolute Gasteiger partial charge is 0.245 e. The van der Waals surface area contributed by atoms with Gasteiger partial charge in [-0.25, -0.2) is 0 Å². The number of nitrogens with one attached hydrogen (secondary N) is 1. The van der Waals surface area contributed by atoms with Gasteiger partial charge in [0.15, 0.2) is 17.3 Å². The van der Waals surface area contributed by atoms with Gasteiger partial charge in [0, 0.05) is 32.3 Å². The Bertz CT molecular complexity index is 595. The number of ether oxygens (including phenoxy) is 1. The normalized spacial score (nSPS) is 22.7. The molecule has 2 atom stereocenters. The van der Waals surface area contributed by atoms with Crippen molar-refractivity contribution in [2.75, 3.05) is 25.1 Å². The summed E-state index contributed by atoms with van der Waals surface area (Å²) in [5, 5.41) is 11.1. The van der Waals surface area contributed by atoms with Crippen molar-refractivity contribution in [2.45, 2.75) is 26.0 Å². The first-order chi connectivity index (χ1) is 10.2. The summed E-state index contributed by atoms with van der Waals surface area (Å²) in [6.45, 7) is 4.25. The van der Waals surface area contributed by atoms with E-state index in [1.54, 1.807) is 13.2 Å². The van der Waals surface area contributed by atoms with Crippen LogP contribution in [0.5, 0.6) is 0 Å². The van der Waals surface area contributed by atoms with Crippen LogP contribution < -0.4 is 10.6 Å². The zero-order valence-corrected chi connectivity index (χ0v) is 12.2. The molecule has 114 valence electrons. The standard InChI is InChI=1S/C13H20N6O2/c1-8-3-4-19(6-10(8)14)13-15-12(16-17-13)11-5-9(7-20-2)21-18-11/h5,8,10H,3-4,6-7,14H2,1-2H3,(H,15,16,17). The van der Waals surface area contributed by atoms with Crippen LogP contribution in [0.15, 0.2) is 10.6 Å². The third-order valence-corrected chi connectivity index (χ3v) is 3.86. The summed E-state index contributed by atoms with van der Waals surface area (Å²) in [6, 6.07) is 1.94. The van der Waals surface area contributed by atoms with Gasteiger partial charge in [-0.15, -0.1) is 5.10 Å². The number of piperidine rings is 1. The van der Waals surface area contributed by atoms with Crippen molar-refractivity contribution in [2.24, 2.45) is 11.7 Å². The average molecular weight is 292 g/mol. The fourth-order valence-electron chi connectivity index (χ4n) is 2.42. The second-order valence-corrected chi connectivity index (χ2v) is 5.47. The lowest BCUT2D eigenvalue weighted by atomic mass is 9.95. The van der Waals surface area contributed by atoms with E-state index in [4.69, 9.17) is 15.0 Å². The van der Waals surface area contributed by atoms with Gasteiger partial charge in [-0.2, -0.15) is 4.98 Å². The summed E-state index contributed by atoms with van der Waals surface area (Å²) >= 11 is 0. The molecule has 2 aromatic heterocycles. The number of hydrogen-bond acceptors (Lipinski definition) is 7. The van der Waals surface area contributed by atoms with Crippen molar-refractivity contribution in [3.8, 4) is 11.5 Å². The molecule has 1 fully saturated rings. The second-order valence-electron chi connectivity index (χ2n) is 5.47. The minimum atomic E-state index is 0.154. The number of anilines is 1. The van der Waals surface area contributed by atoms with Crippen molar-refractivity contribution in [3.63, 3.8) is 0 Å². The average Bonchev–Trinajstić information content (AvgIpc) is 3.11. The Hall–Kier alpha value is -1.93. The summed E-state index contributed by atoms with van der Waals surface area (Å²) < 4.78 is 10.1. The number of aromatic amines is 1. The number of nitrogens with two attached hydrogens (primary N) is 1. The van der Waals surface area contributed by atoms with E-state index in [9.17, 15) is 0 Å². The molecule has 0 amide bonds. The zero-order chi connectivity index (χ0) is 14.8. The first kappa shape index (κ1) is 14.0. The predicted octanol–water partition coefficient (Wildman–Crippen LogP) is 0.780. The predicted molar refractivity (Wildman–Crippen MR) is 76.6 cm³/mol. The lowest BCUT2D eigenvalue weighted by molar-refractivity contribution is 0.156.